The molecule has 7 heteroatoms. The molecule has 2 heterocycles. The average molecular weight is 270 g/mol. The van der Waals surface area contributed by atoms with E-state index in [9.17, 15) is 4.79 Å². The van der Waals surface area contributed by atoms with E-state index in [-0.39, 0.29) is 22.5 Å². The van der Waals surface area contributed by atoms with E-state index in [1.54, 1.807) is 6.07 Å². The number of halogens is 1. The van der Waals surface area contributed by atoms with E-state index < -0.39 is 5.97 Å². The van der Waals surface area contributed by atoms with Crippen LogP contribution in [0.15, 0.2) is 11.2 Å². The summed E-state index contributed by atoms with van der Waals surface area (Å²) in [4.78, 5) is 20.8. The topological polar surface area (TPSA) is 86.8 Å². The molecule has 1 aromatic heterocycles. The van der Waals surface area contributed by atoms with Crippen molar-refractivity contribution in [2.45, 2.75) is 19.4 Å². The van der Waals surface area contributed by atoms with Gasteiger partial charge in [-0.05, 0) is 13.0 Å². The zero-order valence-corrected chi connectivity index (χ0v) is 10.7. The molecule has 0 bridgehead atoms. The molecule has 2 N–H and O–H groups in total. The summed E-state index contributed by atoms with van der Waals surface area (Å²) in [5, 5.41) is 3.91. The number of pyridine rings is 1. The number of nitrogens with zero attached hydrogens (tertiary/aromatic N) is 2. The van der Waals surface area contributed by atoms with Gasteiger partial charge in [-0.25, -0.2) is 9.78 Å². The van der Waals surface area contributed by atoms with Crippen LogP contribution in [0.1, 0.15) is 35.6 Å². The lowest BCUT2D eigenvalue weighted by atomic mass is 10.1. The van der Waals surface area contributed by atoms with Gasteiger partial charge in [-0.3, -0.25) is 0 Å². The number of hydrogen-bond donors (Lipinski definition) is 1. The van der Waals surface area contributed by atoms with Crippen LogP contribution >= 0.6 is 11.6 Å². The van der Waals surface area contributed by atoms with E-state index in [1.807, 2.05) is 6.92 Å². The van der Waals surface area contributed by atoms with Crippen LogP contribution in [0.3, 0.4) is 0 Å². The van der Waals surface area contributed by atoms with Crippen LogP contribution in [-0.4, -0.2) is 23.8 Å². The quantitative estimate of drug-likeness (QED) is 0.829. The summed E-state index contributed by atoms with van der Waals surface area (Å²) in [7, 11) is 1.25. The van der Waals surface area contributed by atoms with Gasteiger partial charge < -0.3 is 15.3 Å². The predicted molar refractivity (Wildman–Crippen MR) is 66.6 cm³/mol. The maximum Gasteiger partial charge on any atom is 0.358 e. The first-order valence-electron chi connectivity index (χ1n) is 5.26. The summed E-state index contributed by atoms with van der Waals surface area (Å²) >= 11 is 5.92. The number of methoxy groups -OCH3 is 1. The van der Waals surface area contributed by atoms with Crippen molar-refractivity contribution in [1.29, 1.82) is 0 Å². The summed E-state index contributed by atoms with van der Waals surface area (Å²) in [5.41, 5.74) is 7.36. The van der Waals surface area contributed by atoms with Gasteiger partial charge in [0, 0.05) is 6.42 Å². The second-order valence-electron chi connectivity index (χ2n) is 3.92. The molecule has 6 nitrogen and oxygen atoms in total. The number of anilines is 1. The Kier molecular flexibility index (Phi) is 3.38. The van der Waals surface area contributed by atoms with Gasteiger partial charge in [-0.15, -0.1) is 0 Å². The minimum Gasteiger partial charge on any atom is -0.464 e. The molecular weight excluding hydrogens is 258 g/mol. The van der Waals surface area contributed by atoms with E-state index in [2.05, 4.69) is 14.9 Å². The number of esters is 1. The zero-order valence-electron chi connectivity index (χ0n) is 9.94. The number of oxime groups is 1. The van der Waals surface area contributed by atoms with Gasteiger partial charge in [0.05, 0.1) is 29.2 Å². The number of ether oxygens (including phenoxy) is 1. The fraction of sp³-hybridized carbons (Fsp3) is 0.364. The predicted octanol–water partition coefficient (Wildman–Crippen LogP) is 1.94. The fourth-order valence-corrected chi connectivity index (χ4v) is 1.80. The number of carbonyl (C=O) groups excluding carboxylic acids is 1. The maximum atomic E-state index is 11.5. The van der Waals surface area contributed by atoms with Crippen molar-refractivity contribution in [2.75, 3.05) is 12.8 Å². The highest BCUT2D eigenvalue weighted by Crippen LogP contribution is 2.31. The Hall–Kier alpha value is -1.82. The van der Waals surface area contributed by atoms with Crippen molar-refractivity contribution >= 4 is 29.0 Å². The van der Waals surface area contributed by atoms with E-state index in [1.165, 1.54) is 7.11 Å². The first kappa shape index (κ1) is 12.6. The van der Waals surface area contributed by atoms with E-state index in [0.29, 0.717) is 12.1 Å². The SMILES string of the molecule is COC(=O)c1nc(C2CC(C)=NO2)cc(N)c1Cl. The highest BCUT2D eigenvalue weighted by Gasteiger charge is 2.25. The number of aromatic nitrogens is 1. The van der Waals surface area contributed by atoms with E-state index in [0.717, 1.165) is 5.71 Å². The molecule has 18 heavy (non-hydrogen) atoms. The van der Waals surface area contributed by atoms with Crippen molar-refractivity contribution in [3.05, 3.63) is 22.5 Å². The number of hydrogen-bond acceptors (Lipinski definition) is 6. The number of nitrogens with two attached hydrogens (primary N) is 1. The second-order valence-corrected chi connectivity index (χ2v) is 4.29. The molecule has 1 unspecified atom stereocenters. The molecule has 0 saturated heterocycles. The highest BCUT2D eigenvalue weighted by atomic mass is 35.5. The normalized spacial score (nSPS) is 18.2. The largest absolute Gasteiger partial charge is 0.464 e. The van der Waals surface area contributed by atoms with Crippen molar-refractivity contribution in [3.63, 3.8) is 0 Å². The Labute approximate surface area is 109 Å². The maximum absolute atomic E-state index is 11.5. The molecule has 96 valence electrons. The Morgan fingerprint density at radius 2 is 2.39 bits per heavy atom. The highest BCUT2D eigenvalue weighted by molar-refractivity contribution is 6.35. The van der Waals surface area contributed by atoms with Crippen molar-refractivity contribution < 1.29 is 14.4 Å². The molecule has 0 aliphatic carbocycles. The van der Waals surface area contributed by atoms with Crippen LogP contribution in [-0.2, 0) is 9.57 Å². The molecule has 1 aromatic rings. The third-order valence-electron chi connectivity index (χ3n) is 2.53. The summed E-state index contributed by atoms with van der Waals surface area (Å²) in [5.74, 6) is -0.635. The lowest BCUT2D eigenvalue weighted by Crippen LogP contribution is -2.11. The molecule has 0 amide bonds. The van der Waals surface area contributed by atoms with E-state index >= 15 is 0 Å². The number of carbonyl (C=O) groups is 1. The summed E-state index contributed by atoms with van der Waals surface area (Å²) in [6.45, 7) is 1.85. The molecule has 0 aromatic carbocycles. The van der Waals surface area contributed by atoms with E-state index in [4.69, 9.17) is 22.2 Å². The van der Waals surface area contributed by atoms with Crippen molar-refractivity contribution in [2.24, 2.45) is 5.16 Å². The molecule has 0 spiro atoms. The van der Waals surface area contributed by atoms with Crippen LogP contribution in [0.2, 0.25) is 5.02 Å². The molecule has 1 aliphatic rings. The van der Waals surface area contributed by atoms with Crippen molar-refractivity contribution in [1.82, 2.24) is 4.98 Å². The van der Waals surface area contributed by atoms with Gasteiger partial charge in [-0.2, -0.15) is 0 Å². The van der Waals surface area contributed by atoms with Gasteiger partial charge in [0.25, 0.3) is 0 Å². The Bertz CT molecular complexity index is 531. The Balaban J connectivity index is 2.38. The fourth-order valence-electron chi connectivity index (χ4n) is 1.62. The Morgan fingerprint density at radius 3 is 2.94 bits per heavy atom. The van der Waals surface area contributed by atoms with Gasteiger partial charge in [-0.1, -0.05) is 16.8 Å². The first-order chi connectivity index (χ1) is 8.52. The van der Waals surface area contributed by atoms with Crippen LogP contribution in [0.4, 0.5) is 5.69 Å². The second kappa shape index (κ2) is 4.81. The number of rotatable bonds is 2. The lowest BCUT2D eigenvalue weighted by molar-refractivity contribution is 0.0589. The van der Waals surface area contributed by atoms with Crippen molar-refractivity contribution in [3.8, 4) is 0 Å². The molecule has 0 radical (unpaired) electrons. The summed E-state index contributed by atoms with van der Waals surface area (Å²) in [6.07, 6.45) is 0.266. The number of nitrogen functional groups attached to an aromatic ring is 1. The third kappa shape index (κ3) is 2.24. The van der Waals surface area contributed by atoms with Crippen LogP contribution in [0.25, 0.3) is 0 Å². The van der Waals surface area contributed by atoms with Crippen LogP contribution in [0.5, 0.6) is 0 Å². The monoisotopic (exact) mass is 269 g/mol. The molecule has 0 fully saturated rings. The van der Waals surface area contributed by atoms with Crippen LogP contribution < -0.4 is 5.73 Å². The smallest absolute Gasteiger partial charge is 0.358 e. The van der Waals surface area contributed by atoms with Crippen LogP contribution in [0, 0.1) is 0 Å². The summed E-state index contributed by atoms with van der Waals surface area (Å²) < 4.78 is 4.60. The van der Waals surface area contributed by atoms with Gasteiger partial charge in [0.1, 0.15) is 0 Å². The Morgan fingerprint density at radius 1 is 1.67 bits per heavy atom. The minimum atomic E-state index is -0.635. The molecular formula is C11H12ClN3O3. The van der Waals surface area contributed by atoms with Gasteiger partial charge >= 0.3 is 5.97 Å². The standard InChI is InChI=1S/C11H12ClN3O3/c1-5-3-8(18-15-5)7-4-6(13)9(12)10(14-7)11(16)17-2/h4,8H,3H2,1-2H3,(H2,13,14). The molecule has 2 rings (SSSR count). The lowest BCUT2D eigenvalue weighted by Gasteiger charge is -2.11. The first-order valence-corrected chi connectivity index (χ1v) is 5.64. The van der Waals surface area contributed by atoms with Gasteiger partial charge in [0.2, 0.25) is 0 Å². The third-order valence-corrected chi connectivity index (χ3v) is 2.93. The zero-order chi connectivity index (χ0) is 13.3. The molecule has 1 aliphatic heterocycles. The average Bonchev–Trinajstić information content (AvgIpc) is 2.78. The molecule has 1 atom stereocenters. The van der Waals surface area contributed by atoms with Gasteiger partial charge in [0.15, 0.2) is 11.8 Å². The minimum absolute atomic E-state index is 0.0117. The molecule has 0 saturated carbocycles. The summed E-state index contributed by atoms with van der Waals surface area (Å²) in [6, 6.07) is 1.58.